The molecule has 1 aromatic carbocycles. The molecule has 0 radical (unpaired) electrons. The van der Waals surface area contributed by atoms with Crippen LogP contribution in [-0.2, 0) is 10.3 Å². The van der Waals surface area contributed by atoms with Crippen LogP contribution in [0.15, 0.2) is 18.2 Å². The van der Waals surface area contributed by atoms with E-state index < -0.39 is 11.4 Å². The number of hydrogen-bond donors (Lipinski definition) is 2. The van der Waals surface area contributed by atoms with Crippen molar-refractivity contribution in [3.8, 4) is 0 Å². The number of nitrogens with one attached hydrogen (secondary N) is 1. The molecule has 0 bridgehead atoms. The maximum Gasteiger partial charge on any atom is 0.123 e. The Morgan fingerprint density at radius 2 is 2.39 bits per heavy atom. The lowest BCUT2D eigenvalue weighted by Crippen LogP contribution is -2.45. The smallest absolute Gasteiger partial charge is 0.123 e. The third-order valence-electron chi connectivity index (χ3n) is 3.15. The summed E-state index contributed by atoms with van der Waals surface area (Å²) in [5.74, 6) is -0.400. The van der Waals surface area contributed by atoms with Crippen LogP contribution in [0.2, 0.25) is 5.02 Å². The zero-order valence-corrected chi connectivity index (χ0v) is 11.0. The van der Waals surface area contributed by atoms with Gasteiger partial charge in [0.2, 0.25) is 0 Å². The minimum atomic E-state index is -1.18. The molecule has 2 atom stereocenters. The Morgan fingerprint density at radius 1 is 1.61 bits per heavy atom. The van der Waals surface area contributed by atoms with Gasteiger partial charge in [0.15, 0.2) is 0 Å². The van der Waals surface area contributed by atoms with Crippen molar-refractivity contribution in [1.29, 1.82) is 0 Å². The lowest BCUT2D eigenvalue weighted by Gasteiger charge is -2.32. The van der Waals surface area contributed by atoms with E-state index in [1.807, 2.05) is 0 Å². The van der Waals surface area contributed by atoms with E-state index in [1.165, 1.54) is 18.2 Å². The van der Waals surface area contributed by atoms with Gasteiger partial charge in [-0.25, -0.2) is 4.39 Å². The van der Waals surface area contributed by atoms with Crippen molar-refractivity contribution in [3.05, 3.63) is 34.6 Å². The SMILES string of the molecule is CC(O)(CC1COCCN1)c1cc(F)ccc1Cl. The molecule has 100 valence electrons. The standard InChI is InChI=1S/C13H17ClFNO2/c1-13(17,7-10-8-18-5-4-16-10)11-6-9(15)2-3-12(11)14/h2-3,6,10,16-17H,4-5,7-8H2,1H3. The first-order valence-corrected chi connectivity index (χ1v) is 6.36. The molecular formula is C13H17ClFNO2. The maximum atomic E-state index is 13.2. The second kappa shape index (κ2) is 5.53. The first-order valence-electron chi connectivity index (χ1n) is 5.98. The van der Waals surface area contributed by atoms with Crippen molar-refractivity contribution in [2.45, 2.75) is 25.0 Å². The molecule has 1 heterocycles. The van der Waals surface area contributed by atoms with Crippen LogP contribution in [0.4, 0.5) is 4.39 Å². The van der Waals surface area contributed by atoms with Crippen LogP contribution < -0.4 is 5.32 Å². The number of benzene rings is 1. The van der Waals surface area contributed by atoms with Crippen molar-refractivity contribution in [2.24, 2.45) is 0 Å². The highest BCUT2D eigenvalue weighted by Gasteiger charge is 2.30. The summed E-state index contributed by atoms with van der Waals surface area (Å²) >= 11 is 6.02. The third kappa shape index (κ3) is 3.20. The lowest BCUT2D eigenvalue weighted by molar-refractivity contribution is 0.00312. The van der Waals surface area contributed by atoms with Crippen LogP contribution in [0.5, 0.6) is 0 Å². The monoisotopic (exact) mass is 273 g/mol. The van der Waals surface area contributed by atoms with Crippen LogP contribution in [-0.4, -0.2) is 30.9 Å². The molecule has 1 aliphatic heterocycles. The Labute approximate surface area is 111 Å². The molecular weight excluding hydrogens is 257 g/mol. The van der Waals surface area contributed by atoms with E-state index in [2.05, 4.69) is 5.32 Å². The summed E-state index contributed by atoms with van der Waals surface area (Å²) in [6.45, 7) is 3.63. The van der Waals surface area contributed by atoms with Gasteiger partial charge in [-0.15, -0.1) is 0 Å². The first kappa shape index (κ1) is 13.7. The number of aliphatic hydroxyl groups is 1. The fraction of sp³-hybridized carbons (Fsp3) is 0.538. The van der Waals surface area contributed by atoms with Gasteiger partial charge in [0.05, 0.1) is 18.8 Å². The Balaban J connectivity index is 2.15. The van der Waals surface area contributed by atoms with Gasteiger partial charge in [0, 0.05) is 23.2 Å². The number of hydrogen-bond acceptors (Lipinski definition) is 3. The van der Waals surface area contributed by atoms with E-state index in [0.717, 1.165) is 6.54 Å². The van der Waals surface area contributed by atoms with Crippen molar-refractivity contribution >= 4 is 11.6 Å². The predicted molar refractivity (Wildman–Crippen MR) is 68.2 cm³/mol. The number of halogens is 2. The minimum Gasteiger partial charge on any atom is -0.385 e. The zero-order chi connectivity index (χ0) is 13.2. The fourth-order valence-corrected chi connectivity index (χ4v) is 2.57. The summed E-state index contributed by atoms with van der Waals surface area (Å²) in [7, 11) is 0. The molecule has 0 saturated carbocycles. The quantitative estimate of drug-likeness (QED) is 0.886. The molecule has 18 heavy (non-hydrogen) atoms. The highest BCUT2D eigenvalue weighted by molar-refractivity contribution is 6.31. The number of rotatable bonds is 3. The highest BCUT2D eigenvalue weighted by Crippen LogP contribution is 2.32. The molecule has 0 amide bonds. The van der Waals surface area contributed by atoms with Crippen LogP contribution in [0.1, 0.15) is 18.9 Å². The largest absolute Gasteiger partial charge is 0.385 e. The van der Waals surface area contributed by atoms with Crippen molar-refractivity contribution in [3.63, 3.8) is 0 Å². The van der Waals surface area contributed by atoms with Crippen LogP contribution >= 0.6 is 11.6 Å². The lowest BCUT2D eigenvalue weighted by atomic mass is 9.89. The van der Waals surface area contributed by atoms with Crippen molar-refractivity contribution in [1.82, 2.24) is 5.32 Å². The average molecular weight is 274 g/mol. The molecule has 3 nitrogen and oxygen atoms in total. The van der Waals surface area contributed by atoms with Gasteiger partial charge in [-0.3, -0.25) is 0 Å². The van der Waals surface area contributed by atoms with Gasteiger partial charge in [0.25, 0.3) is 0 Å². The Kier molecular flexibility index (Phi) is 4.22. The summed E-state index contributed by atoms with van der Waals surface area (Å²) in [4.78, 5) is 0. The third-order valence-corrected chi connectivity index (χ3v) is 3.48. The minimum absolute atomic E-state index is 0.0492. The molecule has 2 unspecified atom stereocenters. The Morgan fingerprint density at radius 3 is 3.06 bits per heavy atom. The van der Waals surface area contributed by atoms with E-state index in [4.69, 9.17) is 16.3 Å². The molecule has 1 fully saturated rings. The van der Waals surface area contributed by atoms with Gasteiger partial charge in [-0.2, -0.15) is 0 Å². The summed E-state index contributed by atoms with van der Waals surface area (Å²) in [6.07, 6.45) is 0.427. The zero-order valence-electron chi connectivity index (χ0n) is 10.2. The Bertz CT molecular complexity index is 419. The highest BCUT2D eigenvalue weighted by atomic mass is 35.5. The van der Waals surface area contributed by atoms with Crippen LogP contribution in [0, 0.1) is 5.82 Å². The number of ether oxygens (including phenoxy) is 1. The fourth-order valence-electron chi connectivity index (χ4n) is 2.25. The topological polar surface area (TPSA) is 41.5 Å². The average Bonchev–Trinajstić information content (AvgIpc) is 2.33. The van der Waals surface area contributed by atoms with Gasteiger partial charge in [0.1, 0.15) is 5.82 Å². The van der Waals surface area contributed by atoms with Crippen molar-refractivity contribution < 1.29 is 14.2 Å². The maximum absolute atomic E-state index is 13.2. The molecule has 2 rings (SSSR count). The summed E-state index contributed by atoms with van der Waals surface area (Å²) in [5, 5.41) is 14.1. The normalized spacial score (nSPS) is 23.7. The predicted octanol–water partition coefficient (Wildman–Crippen LogP) is 2.07. The summed E-state index contributed by atoms with van der Waals surface area (Å²) in [5.41, 5.74) is -0.770. The second-order valence-electron chi connectivity index (χ2n) is 4.83. The molecule has 5 heteroatoms. The molecule has 0 spiro atoms. The molecule has 0 aliphatic carbocycles. The number of morpholine rings is 1. The van der Waals surface area contributed by atoms with Gasteiger partial charge >= 0.3 is 0 Å². The van der Waals surface area contributed by atoms with Crippen LogP contribution in [0.3, 0.4) is 0 Å². The van der Waals surface area contributed by atoms with E-state index in [1.54, 1.807) is 6.92 Å². The second-order valence-corrected chi connectivity index (χ2v) is 5.24. The molecule has 2 N–H and O–H groups in total. The van der Waals surface area contributed by atoms with E-state index in [9.17, 15) is 9.50 Å². The summed E-state index contributed by atoms with van der Waals surface area (Å²) < 4.78 is 18.6. The first-order chi connectivity index (χ1) is 8.49. The van der Waals surface area contributed by atoms with Gasteiger partial charge in [-0.05, 0) is 31.5 Å². The van der Waals surface area contributed by atoms with Gasteiger partial charge < -0.3 is 15.2 Å². The van der Waals surface area contributed by atoms with Gasteiger partial charge in [-0.1, -0.05) is 11.6 Å². The molecule has 1 saturated heterocycles. The summed E-state index contributed by atoms with van der Waals surface area (Å²) in [6, 6.07) is 4.08. The Hall–Kier alpha value is -0.680. The van der Waals surface area contributed by atoms with E-state index in [0.29, 0.717) is 30.2 Å². The molecule has 0 aromatic heterocycles. The molecule has 1 aliphatic rings. The van der Waals surface area contributed by atoms with E-state index >= 15 is 0 Å². The van der Waals surface area contributed by atoms with E-state index in [-0.39, 0.29) is 6.04 Å². The molecule has 1 aromatic rings. The van der Waals surface area contributed by atoms with Crippen molar-refractivity contribution in [2.75, 3.05) is 19.8 Å². The van der Waals surface area contributed by atoms with Crippen LogP contribution in [0.25, 0.3) is 0 Å².